The first-order valence-electron chi connectivity index (χ1n) is 9.16. The zero-order chi connectivity index (χ0) is 19.7. The van der Waals surface area contributed by atoms with Crippen molar-refractivity contribution in [3.05, 3.63) is 34.7 Å². The molecule has 3 heterocycles. The van der Waals surface area contributed by atoms with Gasteiger partial charge in [-0.05, 0) is 31.9 Å². The van der Waals surface area contributed by atoms with Crippen LogP contribution in [0.4, 0.5) is 11.4 Å². The maximum Gasteiger partial charge on any atom is 0.344 e. The second-order valence-corrected chi connectivity index (χ2v) is 8.11. The molecule has 2 aliphatic rings. The summed E-state index contributed by atoms with van der Waals surface area (Å²) in [5.74, 6) is -0.453. The second kappa shape index (κ2) is 7.80. The number of H-pyrrole nitrogens is 1. The number of ether oxygens (including phenoxy) is 1. The van der Waals surface area contributed by atoms with Crippen molar-refractivity contribution in [1.82, 2.24) is 14.8 Å². The number of hydrogen-bond donors (Lipinski definition) is 2. The molecule has 1 saturated heterocycles. The van der Waals surface area contributed by atoms with Gasteiger partial charge in [-0.15, -0.1) is 5.10 Å². The summed E-state index contributed by atoms with van der Waals surface area (Å²) in [6, 6.07) is 7.18. The molecule has 0 unspecified atom stereocenters. The first-order valence-corrected chi connectivity index (χ1v) is 10.0. The van der Waals surface area contributed by atoms with Crippen LogP contribution in [0.5, 0.6) is 0 Å². The minimum atomic E-state index is -0.530. The van der Waals surface area contributed by atoms with E-state index in [2.05, 4.69) is 15.5 Å². The molecular formula is C18H21N5O4S. The lowest BCUT2D eigenvalue weighted by atomic mass is 10.2. The number of hydrogen-bond acceptors (Lipinski definition) is 6. The first kappa shape index (κ1) is 18.8. The van der Waals surface area contributed by atoms with Gasteiger partial charge in [0, 0.05) is 6.61 Å². The third-order valence-corrected chi connectivity index (χ3v) is 5.88. The Hall–Kier alpha value is -2.59. The van der Waals surface area contributed by atoms with Crippen LogP contribution in [0.25, 0.3) is 0 Å². The van der Waals surface area contributed by atoms with Gasteiger partial charge in [0.1, 0.15) is 6.54 Å². The van der Waals surface area contributed by atoms with Gasteiger partial charge in [-0.3, -0.25) is 19.1 Å². The molecule has 2 aromatic rings. The molecule has 148 valence electrons. The SMILES string of the molecule is C[C@H](Sc1n[nH]c(=O)n1C[C@H]1CCCO1)C(=O)N1CC(=O)Nc2ccccc21. The van der Waals surface area contributed by atoms with Crippen LogP contribution in [0.15, 0.2) is 34.2 Å². The number of thioether (sulfide) groups is 1. The Morgan fingerprint density at radius 3 is 3.00 bits per heavy atom. The number of nitrogens with one attached hydrogen (secondary N) is 2. The number of aromatic amines is 1. The molecule has 1 aromatic heterocycles. The van der Waals surface area contributed by atoms with Gasteiger partial charge >= 0.3 is 5.69 Å². The van der Waals surface area contributed by atoms with Crippen LogP contribution in [0.3, 0.4) is 0 Å². The smallest absolute Gasteiger partial charge is 0.344 e. The summed E-state index contributed by atoms with van der Waals surface area (Å²) in [6.45, 7) is 2.82. The number of amides is 2. The Bertz CT molecular complexity index is 949. The van der Waals surface area contributed by atoms with Gasteiger partial charge in [0.05, 0.1) is 29.3 Å². The Morgan fingerprint density at radius 1 is 1.39 bits per heavy atom. The molecule has 0 aliphatic carbocycles. The normalized spacial score (nSPS) is 20.0. The molecule has 0 radical (unpaired) electrons. The van der Waals surface area contributed by atoms with Crippen LogP contribution in [-0.2, 0) is 20.9 Å². The van der Waals surface area contributed by atoms with Gasteiger partial charge in [-0.1, -0.05) is 23.9 Å². The molecule has 1 aromatic carbocycles. The highest BCUT2D eigenvalue weighted by atomic mass is 32.2. The average molecular weight is 403 g/mol. The molecule has 2 amide bonds. The molecular weight excluding hydrogens is 382 g/mol. The predicted molar refractivity (Wildman–Crippen MR) is 105 cm³/mol. The van der Waals surface area contributed by atoms with Gasteiger partial charge < -0.3 is 10.1 Å². The van der Waals surface area contributed by atoms with Crippen molar-refractivity contribution in [3.8, 4) is 0 Å². The molecule has 10 heteroatoms. The van der Waals surface area contributed by atoms with E-state index in [0.717, 1.165) is 12.8 Å². The first-order chi connectivity index (χ1) is 13.5. The highest BCUT2D eigenvalue weighted by molar-refractivity contribution is 8.00. The molecule has 9 nitrogen and oxygen atoms in total. The van der Waals surface area contributed by atoms with E-state index in [1.807, 2.05) is 6.07 Å². The van der Waals surface area contributed by atoms with E-state index in [1.165, 1.54) is 21.2 Å². The fourth-order valence-corrected chi connectivity index (χ4v) is 4.33. The average Bonchev–Trinajstić information content (AvgIpc) is 3.32. The Balaban J connectivity index is 1.51. The summed E-state index contributed by atoms with van der Waals surface area (Å²) >= 11 is 1.19. The summed E-state index contributed by atoms with van der Waals surface area (Å²) in [5, 5.41) is 9.20. The quantitative estimate of drug-likeness (QED) is 0.727. The molecule has 4 rings (SSSR count). The molecule has 28 heavy (non-hydrogen) atoms. The number of rotatable bonds is 5. The van der Waals surface area contributed by atoms with Gasteiger partial charge in [0.2, 0.25) is 11.8 Å². The van der Waals surface area contributed by atoms with E-state index in [4.69, 9.17) is 4.74 Å². The third-order valence-electron chi connectivity index (χ3n) is 4.80. The number of fused-ring (bicyclic) bond motifs is 1. The lowest BCUT2D eigenvalue weighted by Crippen LogP contribution is -2.45. The molecule has 0 spiro atoms. The molecule has 0 saturated carbocycles. The van der Waals surface area contributed by atoms with E-state index in [0.29, 0.717) is 29.7 Å². The summed E-state index contributed by atoms with van der Waals surface area (Å²) in [7, 11) is 0. The van der Waals surface area contributed by atoms with Crippen LogP contribution in [0.2, 0.25) is 0 Å². The van der Waals surface area contributed by atoms with E-state index in [-0.39, 0.29) is 30.2 Å². The highest BCUT2D eigenvalue weighted by Crippen LogP contribution is 2.31. The minimum Gasteiger partial charge on any atom is -0.376 e. The van der Waals surface area contributed by atoms with Crippen molar-refractivity contribution >= 4 is 35.0 Å². The second-order valence-electron chi connectivity index (χ2n) is 6.81. The number of benzene rings is 1. The predicted octanol–water partition coefficient (Wildman–Crippen LogP) is 1.22. The number of carbonyl (C=O) groups is 2. The van der Waals surface area contributed by atoms with Crippen molar-refractivity contribution in [2.75, 3.05) is 23.4 Å². The minimum absolute atomic E-state index is 0.0154. The van der Waals surface area contributed by atoms with Gasteiger partial charge in [-0.2, -0.15) is 0 Å². The number of para-hydroxylation sites is 2. The van der Waals surface area contributed by atoms with E-state index >= 15 is 0 Å². The molecule has 2 N–H and O–H groups in total. The van der Waals surface area contributed by atoms with Crippen LogP contribution in [-0.4, -0.2) is 51.1 Å². The van der Waals surface area contributed by atoms with Crippen LogP contribution in [0, 0.1) is 0 Å². The molecule has 2 aliphatic heterocycles. The van der Waals surface area contributed by atoms with Crippen molar-refractivity contribution in [3.63, 3.8) is 0 Å². The Labute approximate surface area is 165 Å². The fraction of sp³-hybridized carbons (Fsp3) is 0.444. The third kappa shape index (κ3) is 3.69. The number of carbonyl (C=O) groups excluding carboxylic acids is 2. The van der Waals surface area contributed by atoms with Crippen LogP contribution < -0.4 is 15.9 Å². The number of aromatic nitrogens is 3. The van der Waals surface area contributed by atoms with Crippen molar-refractivity contribution in [2.45, 2.75) is 42.8 Å². The lowest BCUT2D eigenvalue weighted by molar-refractivity contribution is -0.121. The van der Waals surface area contributed by atoms with E-state index in [9.17, 15) is 14.4 Å². The van der Waals surface area contributed by atoms with Crippen LogP contribution >= 0.6 is 11.8 Å². The molecule has 2 atom stereocenters. The lowest BCUT2D eigenvalue weighted by Gasteiger charge is -2.30. The van der Waals surface area contributed by atoms with Gasteiger partial charge in [0.25, 0.3) is 0 Å². The summed E-state index contributed by atoms with van der Waals surface area (Å²) in [4.78, 5) is 38.6. The van der Waals surface area contributed by atoms with Gasteiger partial charge in [-0.25, -0.2) is 9.89 Å². The summed E-state index contributed by atoms with van der Waals surface area (Å²) in [5.41, 5.74) is 0.957. The van der Waals surface area contributed by atoms with Gasteiger partial charge in [0.15, 0.2) is 5.16 Å². The Morgan fingerprint density at radius 2 is 2.21 bits per heavy atom. The number of nitrogens with zero attached hydrogens (tertiary/aromatic N) is 3. The zero-order valence-corrected chi connectivity index (χ0v) is 16.2. The zero-order valence-electron chi connectivity index (χ0n) is 15.4. The van der Waals surface area contributed by atoms with Crippen molar-refractivity contribution in [1.29, 1.82) is 0 Å². The monoisotopic (exact) mass is 403 g/mol. The van der Waals surface area contributed by atoms with Crippen molar-refractivity contribution in [2.24, 2.45) is 0 Å². The van der Waals surface area contributed by atoms with Crippen molar-refractivity contribution < 1.29 is 14.3 Å². The Kier molecular flexibility index (Phi) is 5.23. The maximum atomic E-state index is 13.0. The summed E-state index contributed by atoms with van der Waals surface area (Å²) < 4.78 is 7.12. The largest absolute Gasteiger partial charge is 0.376 e. The van der Waals surface area contributed by atoms with Crippen LogP contribution in [0.1, 0.15) is 19.8 Å². The highest BCUT2D eigenvalue weighted by Gasteiger charge is 2.31. The standard InChI is InChI=1S/C18H21N5O4S/c1-11(16(25)22-10-15(24)19-13-6-2-3-7-14(13)22)28-18-21-20-17(26)23(18)9-12-5-4-8-27-12/h2-3,6-7,11-12H,4-5,8-10H2,1H3,(H,19,24)(H,20,26)/t11-,12+/m0/s1. The topological polar surface area (TPSA) is 109 Å². The maximum absolute atomic E-state index is 13.0. The molecule has 0 bridgehead atoms. The molecule has 1 fully saturated rings. The van der Waals surface area contributed by atoms with E-state index in [1.54, 1.807) is 25.1 Å². The number of anilines is 2. The fourth-order valence-electron chi connectivity index (χ4n) is 3.40. The van der Waals surface area contributed by atoms with E-state index < -0.39 is 5.25 Å². The summed E-state index contributed by atoms with van der Waals surface area (Å²) in [6.07, 6.45) is 1.86.